The molecule has 63 heavy (non-hydrogen) atoms. The molecule has 3 aromatic carbocycles. The number of hydrogen-bond acceptors (Lipinski definition) is 13. The molecule has 5 heterocycles. The molecule has 2 amide bonds. The molecule has 336 valence electrons. The largest absolute Gasteiger partial charge is 0.489 e. The normalized spacial score (nSPS) is 19.9. The number of anilines is 6. The molecule has 4 aromatic rings. The fourth-order valence-electron chi connectivity index (χ4n) is 9.32. The van der Waals surface area contributed by atoms with E-state index >= 15 is 0 Å². The van der Waals surface area contributed by atoms with Crippen LogP contribution in [-0.2, 0) is 19.4 Å². The quantitative estimate of drug-likeness (QED) is 0.0916. The van der Waals surface area contributed by atoms with E-state index in [1.807, 2.05) is 26.0 Å². The Labute approximate surface area is 376 Å². The zero-order valence-corrected chi connectivity index (χ0v) is 38.4. The van der Waals surface area contributed by atoms with Crippen LogP contribution in [-0.4, -0.2) is 109 Å². The smallest absolute Gasteiger partial charge is 0.249 e. The number of piperidine rings is 3. The highest BCUT2D eigenvalue weighted by atomic mass is 35.5. The van der Waals surface area contributed by atoms with Gasteiger partial charge in [0.1, 0.15) is 16.8 Å². The molecular weight excluding hydrogens is 838 g/mol. The molecule has 0 spiro atoms. The predicted molar refractivity (Wildman–Crippen MR) is 250 cm³/mol. The number of nitrogens with one attached hydrogen (secondary N) is 4. The average molecular weight is 899 g/mol. The van der Waals surface area contributed by atoms with Gasteiger partial charge in [0, 0.05) is 56.1 Å². The Hall–Kier alpha value is -4.96. The number of sulfone groups is 1. The Morgan fingerprint density at radius 3 is 2.21 bits per heavy atom. The summed E-state index contributed by atoms with van der Waals surface area (Å²) in [5, 5.41) is 11.8. The first-order chi connectivity index (χ1) is 30.2. The van der Waals surface area contributed by atoms with Crippen LogP contribution < -0.4 is 30.9 Å². The van der Waals surface area contributed by atoms with Gasteiger partial charge in [0.25, 0.3) is 0 Å². The van der Waals surface area contributed by atoms with Crippen LogP contribution in [0.5, 0.6) is 5.75 Å². The number of rotatable bonds is 14. The number of para-hydroxylation sites is 1. The Bertz CT molecular complexity index is 2390. The van der Waals surface area contributed by atoms with Crippen molar-refractivity contribution in [2.75, 3.05) is 60.1 Å². The van der Waals surface area contributed by atoms with Crippen LogP contribution in [0.2, 0.25) is 5.02 Å². The van der Waals surface area contributed by atoms with Crippen molar-refractivity contribution in [2.45, 2.75) is 113 Å². The van der Waals surface area contributed by atoms with Gasteiger partial charge in [-0.2, -0.15) is 4.98 Å². The van der Waals surface area contributed by atoms with Gasteiger partial charge in [0.15, 0.2) is 15.7 Å². The minimum Gasteiger partial charge on any atom is -0.489 e. The molecule has 0 aliphatic carbocycles. The fraction of sp³-hybridized carbons (Fsp3) is 0.489. The first-order valence-electron chi connectivity index (χ1n) is 22.4. The number of hydrogen-bond donors (Lipinski definition) is 4. The van der Waals surface area contributed by atoms with Crippen LogP contribution in [0.1, 0.15) is 83.3 Å². The molecule has 4 aliphatic rings. The second-order valence-corrected chi connectivity index (χ2v) is 20.8. The van der Waals surface area contributed by atoms with E-state index in [1.165, 1.54) is 35.9 Å². The molecular formula is C47H60ClN9O5S. The van der Waals surface area contributed by atoms with Crippen LogP contribution in [0.3, 0.4) is 0 Å². The lowest BCUT2D eigenvalue weighted by atomic mass is 9.85. The first-order valence-corrected chi connectivity index (χ1v) is 24.3. The lowest BCUT2D eigenvalue weighted by Crippen LogP contribution is -2.62. The van der Waals surface area contributed by atoms with E-state index in [1.54, 1.807) is 38.1 Å². The molecule has 4 saturated heterocycles. The summed E-state index contributed by atoms with van der Waals surface area (Å²) in [6.07, 6.45) is 6.90. The number of aromatic nitrogens is 2. The first kappa shape index (κ1) is 44.6. The van der Waals surface area contributed by atoms with E-state index in [0.29, 0.717) is 42.5 Å². The van der Waals surface area contributed by atoms with Gasteiger partial charge in [-0.3, -0.25) is 19.8 Å². The molecule has 4 N–H and O–H groups in total. The van der Waals surface area contributed by atoms with Crippen LogP contribution in [0.4, 0.5) is 34.5 Å². The molecule has 14 nitrogen and oxygen atoms in total. The van der Waals surface area contributed by atoms with Crippen molar-refractivity contribution in [3.63, 3.8) is 0 Å². The van der Waals surface area contributed by atoms with Crippen molar-refractivity contribution in [1.29, 1.82) is 0 Å². The van der Waals surface area contributed by atoms with Gasteiger partial charge in [0.05, 0.1) is 33.8 Å². The number of ether oxygens (including phenoxy) is 1. The number of carbonyl (C=O) groups excluding carboxylic acids is 2. The molecule has 1 aromatic heterocycles. The third-order valence-corrected chi connectivity index (χ3v) is 15.5. The number of likely N-dealkylation sites (tertiary alicyclic amines) is 2. The maximum atomic E-state index is 13.1. The Balaban J connectivity index is 0.836. The average Bonchev–Trinajstić information content (AvgIpc) is 3.24. The van der Waals surface area contributed by atoms with Crippen molar-refractivity contribution < 1.29 is 22.7 Å². The molecule has 4 fully saturated rings. The molecule has 4 aliphatic heterocycles. The summed E-state index contributed by atoms with van der Waals surface area (Å²) in [5.41, 5.74) is 5.71. The molecule has 16 heteroatoms. The Morgan fingerprint density at radius 1 is 0.841 bits per heavy atom. The second kappa shape index (κ2) is 19.0. The minimum atomic E-state index is -3.56. The second-order valence-electron chi connectivity index (χ2n) is 17.9. The number of amides is 2. The maximum absolute atomic E-state index is 13.1. The van der Waals surface area contributed by atoms with Crippen LogP contribution in [0, 0.1) is 6.92 Å². The summed E-state index contributed by atoms with van der Waals surface area (Å²) >= 11 is 6.54. The lowest BCUT2D eigenvalue weighted by Gasteiger charge is -2.50. The maximum Gasteiger partial charge on any atom is 0.249 e. The standard InChI is InChI=1S/C47H60ClN9O5S/c1-29(2)62-42-25-37(31(5)24-41(42)52-47-49-26-38(48)45(54-47)51-39-8-6-7-9-43(39)63(60,61)30(3)4)32-16-20-55(21-17-32)35-18-22-56(23-19-35)36-27-57(28-36)34-12-10-33(11-13-34)50-40-14-15-44(58)53-46(40)59/h6-13,24-26,29-30,32,35-36,40,50H,14-23,27-28H2,1-5H3,(H,53,58,59)(H2,49,51,52,54). The van der Waals surface area contributed by atoms with Gasteiger partial charge >= 0.3 is 0 Å². The fourth-order valence-corrected chi connectivity index (χ4v) is 10.7. The molecule has 1 atom stereocenters. The van der Waals surface area contributed by atoms with Gasteiger partial charge in [-0.15, -0.1) is 0 Å². The van der Waals surface area contributed by atoms with Crippen molar-refractivity contribution >= 4 is 67.8 Å². The molecule has 0 radical (unpaired) electrons. The summed E-state index contributed by atoms with van der Waals surface area (Å²) < 4.78 is 32.6. The highest BCUT2D eigenvalue weighted by Gasteiger charge is 2.36. The molecule has 0 bridgehead atoms. The van der Waals surface area contributed by atoms with Crippen molar-refractivity contribution in [3.05, 3.63) is 83.0 Å². The van der Waals surface area contributed by atoms with E-state index < -0.39 is 15.1 Å². The number of nitrogens with zero attached hydrogens (tertiary/aromatic N) is 5. The molecule has 1 unspecified atom stereocenters. The Kier molecular flexibility index (Phi) is 13.5. The molecule has 0 saturated carbocycles. The van der Waals surface area contributed by atoms with E-state index in [-0.39, 0.29) is 39.7 Å². The van der Waals surface area contributed by atoms with E-state index in [4.69, 9.17) is 16.3 Å². The number of halogens is 1. The monoisotopic (exact) mass is 897 g/mol. The van der Waals surface area contributed by atoms with Gasteiger partial charge in [-0.1, -0.05) is 23.7 Å². The van der Waals surface area contributed by atoms with E-state index in [0.717, 1.165) is 69.2 Å². The lowest BCUT2D eigenvalue weighted by molar-refractivity contribution is -0.133. The number of benzene rings is 3. The zero-order chi connectivity index (χ0) is 44.4. The number of imide groups is 1. The third-order valence-electron chi connectivity index (χ3n) is 13.0. The zero-order valence-electron chi connectivity index (χ0n) is 36.9. The number of aryl methyl sites for hydroxylation is 1. The summed E-state index contributed by atoms with van der Waals surface area (Å²) in [7, 11) is -3.56. The van der Waals surface area contributed by atoms with Crippen LogP contribution in [0.15, 0.2) is 71.8 Å². The Morgan fingerprint density at radius 2 is 1.52 bits per heavy atom. The van der Waals surface area contributed by atoms with Crippen molar-refractivity contribution in [2.24, 2.45) is 0 Å². The highest BCUT2D eigenvalue weighted by Crippen LogP contribution is 2.40. The number of carbonyl (C=O) groups is 2. The van der Waals surface area contributed by atoms with E-state index in [9.17, 15) is 18.0 Å². The third kappa shape index (κ3) is 10.2. The minimum absolute atomic E-state index is 0.0535. The van der Waals surface area contributed by atoms with Gasteiger partial charge in [0.2, 0.25) is 17.8 Å². The summed E-state index contributed by atoms with van der Waals surface area (Å²) in [5.74, 6) is 1.29. The van der Waals surface area contributed by atoms with E-state index in [2.05, 4.69) is 77.1 Å². The van der Waals surface area contributed by atoms with Crippen molar-refractivity contribution in [1.82, 2.24) is 25.1 Å². The van der Waals surface area contributed by atoms with Gasteiger partial charge in [-0.25, -0.2) is 13.4 Å². The van der Waals surface area contributed by atoms with Crippen molar-refractivity contribution in [3.8, 4) is 5.75 Å². The SMILES string of the molecule is Cc1cc(Nc2ncc(Cl)c(Nc3ccccc3S(=O)(=O)C(C)C)n2)c(OC(C)C)cc1C1CCN(C2CCN(C3CN(c4ccc(NC5CCC(=O)NC5=O)cc4)C3)CC2)CC1. The summed E-state index contributed by atoms with van der Waals surface area (Å²) in [6, 6.07) is 20.1. The summed E-state index contributed by atoms with van der Waals surface area (Å²) in [4.78, 5) is 40.8. The summed E-state index contributed by atoms with van der Waals surface area (Å²) in [6.45, 7) is 16.0. The predicted octanol–water partition coefficient (Wildman–Crippen LogP) is 7.64. The van der Waals surface area contributed by atoms with Gasteiger partial charge < -0.3 is 30.5 Å². The van der Waals surface area contributed by atoms with Crippen LogP contribution >= 0.6 is 11.6 Å². The highest BCUT2D eigenvalue weighted by molar-refractivity contribution is 7.92. The topological polar surface area (TPSA) is 161 Å². The van der Waals surface area contributed by atoms with Crippen LogP contribution in [0.25, 0.3) is 0 Å². The molecule has 8 rings (SSSR count). The van der Waals surface area contributed by atoms with Gasteiger partial charge in [-0.05, 0) is 145 Å².